The van der Waals surface area contributed by atoms with Crippen molar-refractivity contribution in [3.8, 4) is 6.01 Å². The predicted molar refractivity (Wildman–Crippen MR) is 66.6 cm³/mol. The van der Waals surface area contributed by atoms with Crippen molar-refractivity contribution >= 4 is 17.5 Å². The Morgan fingerprint density at radius 3 is 2.53 bits per heavy atom. The topological polar surface area (TPSA) is 51.1 Å². The Morgan fingerprint density at radius 1 is 1.24 bits per heavy atom. The molecule has 94 valence electrons. The fourth-order valence-corrected chi connectivity index (χ4v) is 1.66. The summed E-state index contributed by atoms with van der Waals surface area (Å²) >= 11 is 5.87. The highest BCUT2D eigenvalue weighted by molar-refractivity contribution is 6.28. The van der Waals surface area contributed by atoms with Crippen LogP contribution in [0.5, 0.6) is 6.01 Å². The molecule has 1 fully saturated rings. The van der Waals surface area contributed by atoms with Gasteiger partial charge in [-0.05, 0) is 44.2 Å². The summed E-state index contributed by atoms with van der Waals surface area (Å²) in [6.45, 7) is 6.44. The van der Waals surface area contributed by atoms with Gasteiger partial charge in [0, 0.05) is 13.1 Å². The van der Waals surface area contributed by atoms with E-state index in [2.05, 4.69) is 15.0 Å². The fraction of sp³-hybridized carbons (Fsp3) is 0.727. The minimum Gasteiger partial charge on any atom is -0.463 e. The number of aromatic nitrogens is 3. The molecule has 2 rings (SSSR count). The molecule has 1 heterocycles. The van der Waals surface area contributed by atoms with Crippen LogP contribution in [-0.2, 0) is 0 Å². The molecule has 0 aliphatic heterocycles. The lowest BCUT2D eigenvalue weighted by atomic mass is 10.5. The summed E-state index contributed by atoms with van der Waals surface area (Å²) in [7, 11) is 0. The molecule has 6 heteroatoms. The zero-order chi connectivity index (χ0) is 12.3. The van der Waals surface area contributed by atoms with Gasteiger partial charge in [0.25, 0.3) is 0 Å². The quantitative estimate of drug-likeness (QED) is 0.781. The normalized spacial score (nSPS) is 14.8. The van der Waals surface area contributed by atoms with Gasteiger partial charge in [-0.3, -0.25) is 0 Å². The lowest BCUT2D eigenvalue weighted by molar-refractivity contribution is 0.275. The van der Waals surface area contributed by atoms with Crippen molar-refractivity contribution in [1.29, 1.82) is 0 Å². The molecule has 0 spiro atoms. The summed E-state index contributed by atoms with van der Waals surface area (Å²) in [5.41, 5.74) is 0. The van der Waals surface area contributed by atoms with Crippen LogP contribution < -0.4 is 9.64 Å². The molecule has 0 amide bonds. The van der Waals surface area contributed by atoms with E-state index in [1.807, 2.05) is 18.7 Å². The van der Waals surface area contributed by atoms with E-state index in [1.165, 1.54) is 12.8 Å². The zero-order valence-electron chi connectivity index (χ0n) is 10.2. The number of hydrogen-bond donors (Lipinski definition) is 0. The maximum absolute atomic E-state index is 5.87. The van der Waals surface area contributed by atoms with Gasteiger partial charge in [0.15, 0.2) is 0 Å². The molecule has 0 N–H and O–H groups in total. The Morgan fingerprint density at radius 2 is 1.94 bits per heavy atom. The summed E-state index contributed by atoms with van der Waals surface area (Å²) < 4.78 is 5.52. The first kappa shape index (κ1) is 12.4. The van der Waals surface area contributed by atoms with E-state index < -0.39 is 0 Å². The van der Waals surface area contributed by atoms with E-state index in [4.69, 9.17) is 16.3 Å². The van der Waals surface area contributed by atoms with Crippen molar-refractivity contribution in [2.75, 3.05) is 24.6 Å². The molecule has 1 saturated carbocycles. The second kappa shape index (κ2) is 5.49. The highest BCUT2D eigenvalue weighted by atomic mass is 35.5. The van der Waals surface area contributed by atoms with Crippen molar-refractivity contribution in [2.24, 2.45) is 5.92 Å². The summed E-state index contributed by atoms with van der Waals surface area (Å²) in [6.07, 6.45) is 2.48. The van der Waals surface area contributed by atoms with Crippen molar-refractivity contribution in [3.63, 3.8) is 0 Å². The van der Waals surface area contributed by atoms with Crippen LogP contribution in [0.2, 0.25) is 5.28 Å². The standard InChI is InChI=1S/C11H17ClN4O/c1-3-16(4-2)10-13-9(12)14-11(15-10)17-7-8-5-6-8/h8H,3-7H2,1-2H3. The number of halogens is 1. The molecule has 0 atom stereocenters. The Hall–Kier alpha value is -1.10. The summed E-state index contributed by atoms with van der Waals surface area (Å²) in [4.78, 5) is 14.4. The van der Waals surface area contributed by atoms with Gasteiger partial charge >= 0.3 is 6.01 Å². The molecule has 0 aromatic carbocycles. The molecule has 0 bridgehead atoms. The van der Waals surface area contributed by atoms with Gasteiger partial charge < -0.3 is 9.64 Å². The van der Waals surface area contributed by atoms with Crippen LogP contribution in [0.1, 0.15) is 26.7 Å². The molecule has 0 radical (unpaired) electrons. The Kier molecular flexibility index (Phi) is 3.99. The van der Waals surface area contributed by atoms with E-state index in [-0.39, 0.29) is 5.28 Å². The Labute approximate surface area is 106 Å². The fourth-order valence-electron chi connectivity index (χ4n) is 1.51. The second-order valence-corrected chi connectivity index (χ2v) is 4.45. The Balaban J connectivity index is 2.09. The molecule has 5 nitrogen and oxygen atoms in total. The molecule has 0 unspecified atom stereocenters. The molecule has 1 aromatic heterocycles. The van der Waals surface area contributed by atoms with Crippen molar-refractivity contribution in [3.05, 3.63) is 5.28 Å². The molecule has 17 heavy (non-hydrogen) atoms. The third-order valence-electron chi connectivity index (χ3n) is 2.77. The zero-order valence-corrected chi connectivity index (χ0v) is 10.9. The van der Waals surface area contributed by atoms with Gasteiger partial charge in [0.2, 0.25) is 11.2 Å². The highest BCUT2D eigenvalue weighted by Gasteiger charge is 2.22. The first-order chi connectivity index (χ1) is 8.22. The Bertz CT molecular complexity index is 380. The van der Waals surface area contributed by atoms with Crippen LogP contribution in [0.4, 0.5) is 5.95 Å². The first-order valence-corrected chi connectivity index (χ1v) is 6.40. The van der Waals surface area contributed by atoms with Crippen LogP contribution in [-0.4, -0.2) is 34.6 Å². The lowest BCUT2D eigenvalue weighted by Crippen LogP contribution is -2.24. The smallest absolute Gasteiger partial charge is 0.322 e. The number of ether oxygens (including phenoxy) is 1. The van der Waals surface area contributed by atoms with E-state index in [0.29, 0.717) is 24.5 Å². The average Bonchev–Trinajstić information content (AvgIpc) is 3.11. The van der Waals surface area contributed by atoms with E-state index in [0.717, 1.165) is 13.1 Å². The first-order valence-electron chi connectivity index (χ1n) is 6.02. The minimum absolute atomic E-state index is 0.188. The van der Waals surface area contributed by atoms with E-state index in [1.54, 1.807) is 0 Å². The molecular weight excluding hydrogens is 240 g/mol. The largest absolute Gasteiger partial charge is 0.463 e. The van der Waals surface area contributed by atoms with Gasteiger partial charge in [-0.2, -0.15) is 15.0 Å². The van der Waals surface area contributed by atoms with Gasteiger partial charge in [-0.1, -0.05) is 0 Å². The summed E-state index contributed by atoms with van der Waals surface area (Å²) in [5.74, 6) is 1.25. The third kappa shape index (κ3) is 3.43. The van der Waals surface area contributed by atoms with Gasteiger partial charge in [0.1, 0.15) is 0 Å². The van der Waals surface area contributed by atoms with E-state index in [9.17, 15) is 0 Å². The molecular formula is C11H17ClN4O. The van der Waals surface area contributed by atoms with Gasteiger partial charge in [-0.15, -0.1) is 0 Å². The predicted octanol–water partition coefficient (Wildman–Crippen LogP) is 2.16. The number of rotatable bonds is 6. The molecule has 0 saturated heterocycles. The van der Waals surface area contributed by atoms with Crippen LogP contribution in [0, 0.1) is 5.92 Å². The molecule has 1 aliphatic carbocycles. The third-order valence-corrected chi connectivity index (χ3v) is 2.94. The lowest BCUT2D eigenvalue weighted by Gasteiger charge is -2.18. The molecule has 1 aromatic rings. The number of hydrogen-bond acceptors (Lipinski definition) is 5. The monoisotopic (exact) mass is 256 g/mol. The maximum Gasteiger partial charge on any atom is 0.322 e. The molecule has 1 aliphatic rings. The summed E-state index contributed by atoms with van der Waals surface area (Å²) in [5, 5.41) is 0.188. The average molecular weight is 257 g/mol. The van der Waals surface area contributed by atoms with Gasteiger partial charge in [-0.25, -0.2) is 0 Å². The van der Waals surface area contributed by atoms with Crippen LogP contribution in [0.3, 0.4) is 0 Å². The van der Waals surface area contributed by atoms with Crippen molar-refractivity contribution in [1.82, 2.24) is 15.0 Å². The van der Waals surface area contributed by atoms with Crippen molar-refractivity contribution in [2.45, 2.75) is 26.7 Å². The van der Waals surface area contributed by atoms with Gasteiger partial charge in [0.05, 0.1) is 6.61 Å². The number of nitrogens with zero attached hydrogens (tertiary/aromatic N) is 4. The highest BCUT2D eigenvalue weighted by Crippen LogP contribution is 2.29. The SMILES string of the molecule is CCN(CC)c1nc(Cl)nc(OCC2CC2)n1. The van der Waals surface area contributed by atoms with Crippen LogP contribution in [0.15, 0.2) is 0 Å². The van der Waals surface area contributed by atoms with Crippen molar-refractivity contribution < 1.29 is 4.74 Å². The maximum atomic E-state index is 5.87. The van der Waals surface area contributed by atoms with E-state index >= 15 is 0 Å². The van der Waals surface area contributed by atoms with Crippen LogP contribution >= 0.6 is 11.6 Å². The minimum atomic E-state index is 0.188. The summed E-state index contributed by atoms with van der Waals surface area (Å²) in [6, 6.07) is 0.332. The number of anilines is 1. The second-order valence-electron chi connectivity index (χ2n) is 4.11. The van der Waals surface area contributed by atoms with Crippen LogP contribution in [0.25, 0.3) is 0 Å².